The Morgan fingerprint density at radius 1 is 1.09 bits per heavy atom. The van der Waals surface area contributed by atoms with Crippen LogP contribution in [0.2, 0.25) is 0 Å². The van der Waals surface area contributed by atoms with Crippen molar-refractivity contribution >= 4 is 12.0 Å². The molecule has 0 spiro atoms. The average Bonchev–Trinajstić information content (AvgIpc) is 3.14. The quantitative estimate of drug-likeness (QED) is 0.782. The van der Waals surface area contributed by atoms with Gasteiger partial charge in [0, 0.05) is 13.1 Å². The molecule has 2 aliphatic rings. The van der Waals surface area contributed by atoms with Gasteiger partial charge >= 0.3 is 12.0 Å². The number of fused-ring (bicyclic) bond motifs is 2. The number of nitrogens with one attached hydrogen (secondary N) is 2. The summed E-state index contributed by atoms with van der Waals surface area (Å²) in [6, 6.07) is 6.39. The van der Waals surface area contributed by atoms with Crippen LogP contribution in [0, 0.1) is 17.8 Å². The monoisotopic (exact) mass is 302 g/mol. The summed E-state index contributed by atoms with van der Waals surface area (Å²) in [5, 5.41) is 14.6. The third kappa shape index (κ3) is 3.40. The second kappa shape index (κ2) is 6.38. The number of carboxylic acid groups (broad SMARTS) is 1. The number of urea groups is 1. The summed E-state index contributed by atoms with van der Waals surface area (Å²) in [6.45, 7) is 1.17. The molecule has 2 aliphatic carbocycles. The van der Waals surface area contributed by atoms with Crippen LogP contribution in [0.1, 0.15) is 41.6 Å². The van der Waals surface area contributed by atoms with Crippen molar-refractivity contribution < 1.29 is 14.7 Å². The minimum Gasteiger partial charge on any atom is -0.478 e. The Balaban J connectivity index is 1.39. The molecule has 3 N–H and O–H groups in total. The molecular weight excluding hydrogens is 280 g/mol. The Hall–Kier alpha value is -2.04. The van der Waals surface area contributed by atoms with Crippen molar-refractivity contribution in [3.63, 3.8) is 0 Å². The first-order valence-corrected chi connectivity index (χ1v) is 7.95. The minimum absolute atomic E-state index is 0.148. The first-order valence-electron chi connectivity index (χ1n) is 7.95. The molecular formula is C17H22N2O3. The zero-order chi connectivity index (χ0) is 15.5. The standard InChI is InChI=1S/C17H22N2O3/c20-16(21)13-4-1-11(2-5-13)9-18-17(22)19-10-15-8-12-3-6-14(15)7-12/h1-2,4-5,12,14-15H,3,6-10H2,(H,20,21)(H2,18,19,22). The smallest absolute Gasteiger partial charge is 0.335 e. The maximum atomic E-state index is 11.8. The van der Waals surface area contributed by atoms with Crippen LogP contribution in [-0.2, 0) is 6.54 Å². The molecule has 2 saturated carbocycles. The lowest BCUT2D eigenvalue weighted by molar-refractivity contribution is 0.0697. The summed E-state index contributed by atoms with van der Waals surface area (Å²) in [5.41, 5.74) is 1.14. The molecule has 118 valence electrons. The maximum absolute atomic E-state index is 11.8. The van der Waals surface area contributed by atoms with E-state index in [4.69, 9.17) is 5.11 Å². The van der Waals surface area contributed by atoms with Crippen LogP contribution in [0.3, 0.4) is 0 Å². The van der Waals surface area contributed by atoms with E-state index in [1.807, 2.05) is 0 Å². The Morgan fingerprint density at radius 3 is 2.45 bits per heavy atom. The van der Waals surface area contributed by atoms with Gasteiger partial charge in [0.15, 0.2) is 0 Å². The summed E-state index contributed by atoms with van der Waals surface area (Å²) in [6.07, 6.45) is 5.32. The Bertz CT molecular complexity index is 556. The Kier molecular flexibility index (Phi) is 4.32. The lowest BCUT2D eigenvalue weighted by Crippen LogP contribution is -2.38. The molecule has 22 heavy (non-hydrogen) atoms. The van der Waals surface area contributed by atoms with Crippen molar-refractivity contribution in [1.82, 2.24) is 10.6 Å². The largest absolute Gasteiger partial charge is 0.478 e. The van der Waals surface area contributed by atoms with Gasteiger partial charge in [0.2, 0.25) is 0 Å². The van der Waals surface area contributed by atoms with Gasteiger partial charge in [-0.1, -0.05) is 18.6 Å². The first kappa shape index (κ1) is 14.9. The van der Waals surface area contributed by atoms with Crippen LogP contribution in [0.15, 0.2) is 24.3 Å². The maximum Gasteiger partial charge on any atom is 0.335 e. The van der Waals surface area contributed by atoms with Gasteiger partial charge in [-0.05, 0) is 54.7 Å². The molecule has 0 aromatic heterocycles. The summed E-state index contributed by atoms with van der Waals surface area (Å²) in [5.74, 6) is 1.42. The first-order chi connectivity index (χ1) is 10.6. The van der Waals surface area contributed by atoms with E-state index >= 15 is 0 Å². The lowest BCUT2D eigenvalue weighted by Gasteiger charge is -2.21. The van der Waals surface area contributed by atoms with Gasteiger partial charge in [-0.15, -0.1) is 0 Å². The molecule has 0 saturated heterocycles. The molecule has 0 radical (unpaired) electrons. The van der Waals surface area contributed by atoms with E-state index in [1.165, 1.54) is 25.7 Å². The highest BCUT2D eigenvalue weighted by Gasteiger charge is 2.39. The number of aromatic carboxylic acids is 1. The van der Waals surface area contributed by atoms with Crippen LogP contribution < -0.4 is 10.6 Å². The second-order valence-corrected chi connectivity index (χ2v) is 6.50. The van der Waals surface area contributed by atoms with E-state index in [-0.39, 0.29) is 11.6 Å². The number of rotatable bonds is 5. The van der Waals surface area contributed by atoms with Crippen molar-refractivity contribution in [2.45, 2.75) is 32.2 Å². The number of benzene rings is 1. The third-order valence-corrected chi connectivity index (χ3v) is 5.06. The molecule has 2 bridgehead atoms. The van der Waals surface area contributed by atoms with Crippen molar-refractivity contribution in [3.05, 3.63) is 35.4 Å². The minimum atomic E-state index is -0.942. The van der Waals surface area contributed by atoms with Gasteiger partial charge in [-0.3, -0.25) is 0 Å². The Morgan fingerprint density at radius 2 is 1.86 bits per heavy atom. The molecule has 1 aromatic carbocycles. The fourth-order valence-corrected chi connectivity index (χ4v) is 3.86. The molecule has 1 aromatic rings. The predicted molar refractivity (Wildman–Crippen MR) is 82.6 cm³/mol. The zero-order valence-corrected chi connectivity index (χ0v) is 12.5. The molecule has 0 aliphatic heterocycles. The van der Waals surface area contributed by atoms with Crippen molar-refractivity contribution in [3.8, 4) is 0 Å². The highest BCUT2D eigenvalue weighted by atomic mass is 16.4. The highest BCUT2D eigenvalue weighted by molar-refractivity contribution is 5.87. The van der Waals surface area contributed by atoms with Gasteiger partial charge in [0.05, 0.1) is 5.56 Å². The van der Waals surface area contributed by atoms with Crippen molar-refractivity contribution in [2.24, 2.45) is 17.8 Å². The van der Waals surface area contributed by atoms with E-state index < -0.39 is 5.97 Å². The molecule has 3 unspecified atom stereocenters. The molecule has 5 nitrogen and oxygen atoms in total. The fraction of sp³-hybridized carbons (Fsp3) is 0.529. The third-order valence-electron chi connectivity index (χ3n) is 5.06. The SMILES string of the molecule is O=C(NCc1ccc(C(=O)O)cc1)NCC1CC2CCC1C2. The number of carbonyl (C=O) groups excluding carboxylic acids is 1. The average molecular weight is 302 g/mol. The number of carboxylic acids is 1. The molecule has 5 heteroatoms. The summed E-state index contributed by atoms with van der Waals surface area (Å²) < 4.78 is 0. The van der Waals surface area contributed by atoms with Gasteiger partial charge in [-0.2, -0.15) is 0 Å². The van der Waals surface area contributed by atoms with Crippen molar-refractivity contribution in [2.75, 3.05) is 6.54 Å². The highest BCUT2D eigenvalue weighted by Crippen LogP contribution is 2.47. The molecule has 2 amide bonds. The van der Waals surface area contributed by atoms with Crippen LogP contribution >= 0.6 is 0 Å². The van der Waals surface area contributed by atoms with Gasteiger partial charge < -0.3 is 15.7 Å². The van der Waals surface area contributed by atoms with Crippen LogP contribution in [0.25, 0.3) is 0 Å². The van der Waals surface area contributed by atoms with E-state index in [1.54, 1.807) is 24.3 Å². The van der Waals surface area contributed by atoms with Crippen LogP contribution in [0.5, 0.6) is 0 Å². The molecule has 3 atom stereocenters. The van der Waals surface area contributed by atoms with E-state index in [9.17, 15) is 9.59 Å². The normalized spacial score (nSPS) is 25.9. The number of hydrogen-bond donors (Lipinski definition) is 3. The van der Waals surface area contributed by atoms with E-state index in [2.05, 4.69) is 10.6 Å². The van der Waals surface area contributed by atoms with E-state index in [0.717, 1.165) is 23.9 Å². The lowest BCUT2D eigenvalue weighted by atomic mass is 9.89. The second-order valence-electron chi connectivity index (χ2n) is 6.50. The molecule has 3 rings (SSSR count). The van der Waals surface area contributed by atoms with Gasteiger partial charge in [0.1, 0.15) is 0 Å². The van der Waals surface area contributed by atoms with Crippen LogP contribution in [-0.4, -0.2) is 23.7 Å². The van der Waals surface area contributed by atoms with Crippen LogP contribution in [0.4, 0.5) is 4.79 Å². The summed E-state index contributed by atoms with van der Waals surface area (Å²) in [4.78, 5) is 22.6. The predicted octanol–water partition coefficient (Wildman–Crippen LogP) is 2.62. The molecule has 0 heterocycles. The van der Waals surface area contributed by atoms with E-state index in [0.29, 0.717) is 12.5 Å². The van der Waals surface area contributed by atoms with Crippen molar-refractivity contribution in [1.29, 1.82) is 0 Å². The summed E-state index contributed by atoms with van der Waals surface area (Å²) in [7, 11) is 0. The zero-order valence-electron chi connectivity index (χ0n) is 12.5. The topological polar surface area (TPSA) is 78.4 Å². The number of carbonyl (C=O) groups is 2. The Labute approximate surface area is 130 Å². The van der Waals surface area contributed by atoms with Gasteiger partial charge in [-0.25, -0.2) is 9.59 Å². The summed E-state index contributed by atoms with van der Waals surface area (Å²) >= 11 is 0. The fourth-order valence-electron chi connectivity index (χ4n) is 3.86. The number of hydrogen-bond acceptors (Lipinski definition) is 2. The van der Waals surface area contributed by atoms with Gasteiger partial charge in [0.25, 0.3) is 0 Å². The molecule has 2 fully saturated rings. The number of amides is 2.